The molecule has 10 heteroatoms. The molecule has 4 rings (SSSR count). The summed E-state index contributed by atoms with van der Waals surface area (Å²) in [5.74, 6) is -1.70. The molecule has 0 aliphatic carbocycles. The van der Waals surface area contributed by atoms with E-state index < -0.39 is 23.8 Å². The maximum absolute atomic E-state index is 13.2. The summed E-state index contributed by atoms with van der Waals surface area (Å²) >= 11 is 0. The van der Waals surface area contributed by atoms with Crippen LogP contribution in [0.2, 0.25) is 0 Å². The Kier molecular flexibility index (Phi) is 9.24. The summed E-state index contributed by atoms with van der Waals surface area (Å²) < 4.78 is 15.6. The molecule has 0 bridgehead atoms. The van der Waals surface area contributed by atoms with Crippen molar-refractivity contribution in [3.63, 3.8) is 0 Å². The number of H-pyrrole nitrogens is 1. The Labute approximate surface area is 231 Å². The molecular formula is C30H30N4O6. The van der Waals surface area contributed by atoms with E-state index in [1.807, 2.05) is 24.3 Å². The monoisotopic (exact) mass is 542 g/mol. The summed E-state index contributed by atoms with van der Waals surface area (Å²) in [6, 6.07) is 13.0. The van der Waals surface area contributed by atoms with E-state index in [1.54, 1.807) is 56.7 Å². The van der Waals surface area contributed by atoms with Crippen LogP contribution in [0, 0.1) is 0 Å². The molecule has 1 aliphatic rings. The first kappa shape index (κ1) is 28.0. The van der Waals surface area contributed by atoms with Gasteiger partial charge in [-0.1, -0.05) is 30.3 Å². The van der Waals surface area contributed by atoms with Crippen molar-refractivity contribution in [2.45, 2.75) is 26.2 Å². The van der Waals surface area contributed by atoms with E-state index in [1.165, 1.54) is 13.2 Å². The number of carbonyl (C=O) groups is 3. The molecule has 0 saturated carbocycles. The topological polar surface area (TPSA) is 132 Å². The average Bonchev–Trinajstić information content (AvgIpc) is 3.47. The van der Waals surface area contributed by atoms with Crippen LogP contribution in [0.5, 0.6) is 0 Å². The van der Waals surface area contributed by atoms with Gasteiger partial charge in [0.15, 0.2) is 0 Å². The van der Waals surface area contributed by atoms with E-state index in [9.17, 15) is 14.4 Å². The van der Waals surface area contributed by atoms with Gasteiger partial charge in [-0.25, -0.2) is 19.4 Å². The van der Waals surface area contributed by atoms with Crippen molar-refractivity contribution in [2.75, 3.05) is 20.3 Å². The molecule has 10 nitrogen and oxygen atoms in total. The molecule has 0 radical (unpaired) electrons. The van der Waals surface area contributed by atoms with E-state index in [0.717, 1.165) is 17.0 Å². The van der Waals surface area contributed by atoms with E-state index in [4.69, 9.17) is 14.2 Å². The van der Waals surface area contributed by atoms with Crippen LogP contribution >= 0.6 is 0 Å². The number of nitrogens with zero attached hydrogens (tertiary/aromatic N) is 2. The summed E-state index contributed by atoms with van der Waals surface area (Å²) in [5.41, 5.74) is 4.01. The van der Waals surface area contributed by atoms with Crippen LogP contribution in [-0.4, -0.2) is 53.2 Å². The molecule has 1 aromatic carbocycles. The van der Waals surface area contributed by atoms with Gasteiger partial charge in [-0.05, 0) is 43.2 Å². The first-order valence-electron chi connectivity index (χ1n) is 12.6. The predicted molar refractivity (Wildman–Crippen MR) is 146 cm³/mol. The van der Waals surface area contributed by atoms with Crippen molar-refractivity contribution in [3.05, 3.63) is 112 Å². The fourth-order valence-corrected chi connectivity index (χ4v) is 4.39. The Morgan fingerprint density at radius 2 is 1.62 bits per heavy atom. The number of ether oxygens (including phenoxy) is 3. The quantitative estimate of drug-likeness (QED) is 0.171. The molecule has 3 aromatic rings. The third-order valence-electron chi connectivity index (χ3n) is 6.25. The molecule has 40 heavy (non-hydrogen) atoms. The standard InChI is InChI=1S/C30H30N4O6/c1-19-26(29(36)38-3)28(23-6-4-5-13-31-23)27(20(2)34-19)30(37)40-17-16-39-25(35)12-11-21-7-9-22(10-8-21)18-24-32-14-15-33-24/h4-15,28,34H,16-18H2,1-3H3,(H,32,33). The highest BCUT2D eigenvalue weighted by Crippen LogP contribution is 2.38. The number of allylic oxidation sites excluding steroid dienone is 2. The lowest BCUT2D eigenvalue weighted by Gasteiger charge is -2.29. The number of hydrogen-bond acceptors (Lipinski definition) is 9. The fraction of sp³-hybridized carbons (Fsp3) is 0.233. The maximum atomic E-state index is 13.2. The Balaban J connectivity index is 1.32. The molecule has 2 N–H and O–H groups in total. The molecule has 0 spiro atoms. The second-order valence-electron chi connectivity index (χ2n) is 8.97. The number of carbonyl (C=O) groups excluding carboxylic acids is 3. The number of nitrogens with one attached hydrogen (secondary N) is 2. The second kappa shape index (κ2) is 13.2. The van der Waals surface area contributed by atoms with Gasteiger partial charge in [-0.2, -0.15) is 0 Å². The number of methoxy groups -OCH3 is 1. The minimum Gasteiger partial charge on any atom is -0.466 e. The van der Waals surface area contributed by atoms with Crippen LogP contribution < -0.4 is 5.32 Å². The van der Waals surface area contributed by atoms with E-state index in [0.29, 0.717) is 23.5 Å². The largest absolute Gasteiger partial charge is 0.466 e. The van der Waals surface area contributed by atoms with Gasteiger partial charge in [0.1, 0.15) is 19.0 Å². The molecule has 0 saturated heterocycles. The van der Waals surface area contributed by atoms with Gasteiger partial charge in [0.25, 0.3) is 0 Å². The lowest BCUT2D eigenvalue weighted by molar-refractivity contribution is -0.147. The number of esters is 3. The third kappa shape index (κ3) is 6.90. The van der Waals surface area contributed by atoms with Gasteiger partial charge >= 0.3 is 17.9 Å². The molecule has 1 atom stereocenters. The lowest BCUT2D eigenvalue weighted by Crippen LogP contribution is -2.33. The Morgan fingerprint density at radius 1 is 0.900 bits per heavy atom. The molecule has 206 valence electrons. The maximum Gasteiger partial charge on any atom is 0.336 e. The zero-order valence-corrected chi connectivity index (χ0v) is 22.5. The van der Waals surface area contributed by atoms with Gasteiger partial charge in [-0.15, -0.1) is 0 Å². The van der Waals surface area contributed by atoms with Crippen LogP contribution in [-0.2, 0) is 35.0 Å². The minimum absolute atomic E-state index is 0.135. The molecule has 1 aliphatic heterocycles. The first-order chi connectivity index (χ1) is 19.4. The highest BCUT2D eigenvalue weighted by molar-refractivity contribution is 5.99. The number of benzene rings is 1. The van der Waals surface area contributed by atoms with Crippen molar-refractivity contribution in [1.82, 2.24) is 20.3 Å². The number of hydrogen-bond donors (Lipinski definition) is 2. The molecular weight excluding hydrogens is 512 g/mol. The second-order valence-corrected chi connectivity index (χ2v) is 8.97. The van der Waals surface area contributed by atoms with Crippen LogP contribution in [0.3, 0.4) is 0 Å². The first-order valence-corrected chi connectivity index (χ1v) is 12.6. The molecule has 1 unspecified atom stereocenters. The number of dihydropyridines is 1. The van der Waals surface area contributed by atoms with Crippen molar-refractivity contribution >= 4 is 24.0 Å². The van der Waals surface area contributed by atoms with Crippen LogP contribution in [0.25, 0.3) is 6.08 Å². The summed E-state index contributed by atoms with van der Waals surface area (Å²) in [6.07, 6.45) is 8.72. The van der Waals surface area contributed by atoms with E-state index >= 15 is 0 Å². The Hall–Kier alpha value is -4.99. The third-order valence-corrected chi connectivity index (χ3v) is 6.25. The zero-order chi connectivity index (χ0) is 28.5. The van der Waals surface area contributed by atoms with Crippen LogP contribution in [0.4, 0.5) is 0 Å². The van der Waals surface area contributed by atoms with Gasteiger partial charge in [0.05, 0.1) is 29.9 Å². The number of aromatic amines is 1. The SMILES string of the molecule is COC(=O)C1=C(C)NC(C)=C(C(=O)OCCOC(=O)C=Cc2ccc(Cc3ncc[nH]3)cc2)C1c1ccccn1. The Morgan fingerprint density at radius 3 is 2.27 bits per heavy atom. The number of rotatable bonds is 10. The van der Waals surface area contributed by atoms with Gasteiger partial charge < -0.3 is 24.5 Å². The van der Waals surface area contributed by atoms with Crippen molar-refractivity contribution in [2.24, 2.45) is 0 Å². The fourth-order valence-electron chi connectivity index (χ4n) is 4.39. The summed E-state index contributed by atoms with van der Waals surface area (Å²) in [4.78, 5) is 49.6. The zero-order valence-electron chi connectivity index (χ0n) is 22.5. The Bertz CT molecular complexity index is 1440. The van der Waals surface area contributed by atoms with Crippen molar-refractivity contribution < 1.29 is 28.6 Å². The average molecular weight is 543 g/mol. The number of pyridine rings is 1. The number of imidazole rings is 1. The molecule has 0 amide bonds. The predicted octanol–water partition coefficient (Wildman–Crippen LogP) is 3.60. The molecule has 0 fully saturated rings. The van der Waals surface area contributed by atoms with Crippen molar-refractivity contribution in [1.29, 1.82) is 0 Å². The van der Waals surface area contributed by atoms with Gasteiger partial charge in [0.2, 0.25) is 0 Å². The highest BCUT2D eigenvalue weighted by Gasteiger charge is 2.38. The summed E-state index contributed by atoms with van der Waals surface area (Å²) in [5, 5.41) is 3.06. The van der Waals surface area contributed by atoms with Crippen LogP contribution in [0.15, 0.2) is 89.7 Å². The van der Waals surface area contributed by atoms with Gasteiger partial charge in [0, 0.05) is 42.5 Å². The smallest absolute Gasteiger partial charge is 0.336 e. The summed E-state index contributed by atoms with van der Waals surface area (Å²) in [7, 11) is 1.28. The summed E-state index contributed by atoms with van der Waals surface area (Å²) in [6.45, 7) is 3.15. The lowest BCUT2D eigenvalue weighted by atomic mass is 9.83. The van der Waals surface area contributed by atoms with Crippen molar-refractivity contribution in [3.8, 4) is 0 Å². The minimum atomic E-state index is -0.779. The molecule has 2 aromatic heterocycles. The molecule has 3 heterocycles. The van der Waals surface area contributed by atoms with E-state index in [2.05, 4.69) is 20.3 Å². The van der Waals surface area contributed by atoms with Gasteiger partial charge in [-0.3, -0.25) is 4.98 Å². The van der Waals surface area contributed by atoms with Crippen LogP contribution in [0.1, 0.15) is 42.4 Å². The van der Waals surface area contributed by atoms with E-state index in [-0.39, 0.29) is 24.4 Å². The number of aromatic nitrogens is 3. The highest BCUT2D eigenvalue weighted by atomic mass is 16.6. The normalized spacial score (nSPS) is 15.1.